The van der Waals surface area contributed by atoms with Gasteiger partial charge in [-0.3, -0.25) is 0 Å². The number of rotatable bonds is 5. The Hall–Kier alpha value is -0.570. The van der Waals surface area contributed by atoms with E-state index in [4.69, 9.17) is 0 Å². The second kappa shape index (κ2) is 6.02. The first-order chi connectivity index (χ1) is 6.77. The molecule has 14 heavy (non-hydrogen) atoms. The highest BCUT2D eigenvalue weighted by atomic mass is 79.9. The Kier molecular flexibility index (Phi) is 4.94. The zero-order valence-corrected chi connectivity index (χ0v) is 10.4. The average Bonchev–Trinajstić information content (AvgIpc) is 2.17. The van der Waals surface area contributed by atoms with Gasteiger partial charge in [0, 0.05) is 24.1 Å². The molecule has 3 heteroatoms. The van der Waals surface area contributed by atoms with Crippen LogP contribution in [0.2, 0.25) is 0 Å². The van der Waals surface area contributed by atoms with Gasteiger partial charge in [0.25, 0.3) is 0 Å². The Bertz CT molecular complexity index is 270. The van der Waals surface area contributed by atoms with Crippen molar-refractivity contribution in [2.45, 2.75) is 20.3 Å². The highest BCUT2D eigenvalue weighted by Gasteiger charge is 2.05. The molecule has 78 valence electrons. The van der Waals surface area contributed by atoms with Crippen molar-refractivity contribution in [1.82, 2.24) is 4.98 Å². The van der Waals surface area contributed by atoms with Crippen molar-refractivity contribution in [2.24, 2.45) is 0 Å². The van der Waals surface area contributed by atoms with E-state index in [-0.39, 0.29) is 0 Å². The molecule has 0 fully saturated rings. The minimum atomic E-state index is 0.989. The van der Waals surface area contributed by atoms with Gasteiger partial charge in [-0.05, 0) is 25.5 Å². The van der Waals surface area contributed by atoms with Crippen LogP contribution in [0.4, 0.5) is 5.82 Å². The summed E-state index contributed by atoms with van der Waals surface area (Å²) in [6.45, 7) is 6.31. The predicted octanol–water partition coefficient (Wildman–Crippen LogP) is 3.00. The van der Waals surface area contributed by atoms with Gasteiger partial charge in [0.15, 0.2) is 0 Å². The number of hydrogen-bond acceptors (Lipinski definition) is 2. The zero-order valence-electron chi connectivity index (χ0n) is 8.83. The fourth-order valence-corrected chi connectivity index (χ4v) is 1.85. The maximum atomic E-state index is 4.52. The van der Waals surface area contributed by atoms with Gasteiger partial charge in [-0.25, -0.2) is 4.98 Å². The van der Waals surface area contributed by atoms with Crippen molar-refractivity contribution in [2.75, 3.05) is 23.3 Å². The summed E-state index contributed by atoms with van der Waals surface area (Å²) in [5, 5.41) is 0.989. The number of hydrogen-bond donors (Lipinski definition) is 0. The lowest BCUT2D eigenvalue weighted by atomic mass is 10.3. The van der Waals surface area contributed by atoms with E-state index in [0.717, 1.165) is 36.4 Å². The third kappa shape index (κ3) is 3.29. The summed E-state index contributed by atoms with van der Waals surface area (Å²) >= 11 is 3.47. The standard InChI is InChI=1S/C11H17BrN2/c1-3-8-14(9-7-12)11-6-4-5-10(2)13-11/h4-6H,3,7-9H2,1-2H3. The molecule has 1 rings (SSSR count). The van der Waals surface area contributed by atoms with Crippen LogP contribution in [-0.2, 0) is 0 Å². The molecule has 2 nitrogen and oxygen atoms in total. The van der Waals surface area contributed by atoms with E-state index in [9.17, 15) is 0 Å². The van der Waals surface area contributed by atoms with Crippen molar-refractivity contribution in [3.05, 3.63) is 23.9 Å². The summed E-state index contributed by atoms with van der Waals surface area (Å²) in [5.41, 5.74) is 1.08. The molecule has 0 saturated carbocycles. The van der Waals surface area contributed by atoms with Gasteiger partial charge >= 0.3 is 0 Å². The normalized spacial score (nSPS) is 10.2. The van der Waals surface area contributed by atoms with Crippen LogP contribution in [0.1, 0.15) is 19.0 Å². The summed E-state index contributed by atoms with van der Waals surface area (Å²) < 4.78 is 0. The summed E-state index contributed by atoms with van der Waals surface area (Å²) in [6, 6.07) is 6.17. The van der Waals surface area contributed by atoms with Crippen molar-refractivity contribution < 1.29 is 0 Å². The van der Waals surface area contributed by atoms with Crippen molar-refractivity contribution in [1.29, 1.82) is 0 Å². The molecule has 1 aromatic heterocycles. The molecule has 0 unspecified atom stereocenters. The van der Waals surface area contributed by atoms with Crippen LogP contribution in [0.25, 0.3) is 0 Å². The number of halogens is 1. The van der Waals surface area contributed by atoms with Crippen LogP contribution in [0.5, 0.6) is 0 Å². The second-order valence-corrected chi connectivity index (χ2v) is 4.11. The number of anilines is 1. The van der Waals surface area contributed by atoms with Gasteiger partial charge in [-0.2, -0.15) is 0 Å². The molecule has 0 aromatic carbocycles. The molecule has 0 saturated heterocycles. The molecule has 0 amide bonds. The van der Waals surface area contributed by atoms with E-state index >= 15 is 0 Å². The van der Waals surface area contributed by atoms with Crippen molar-refractivity contribution >= 4 is 21.7 Å². The van der Waals surface area contributed by atoms with Crippen LogP contribution >= 0.6 is 15.9 Å². The Morgan fingerprint density at radius 3 is 2.71 bits per heavy atom. The first kappa shape index (κ1) is 11.5. The maximum Gasteiger partial charge on any atom is 0.128 e. The maximum absolute atomic E-state index is 4.52. The molecule has 0 bridgehead atoms. The molecule has 1 aromatic rings. The topological polar surface area (TPSA) is 16.1 Å². The lowest BCUT2D eigenvalue weighted by molar-refractivity contribution is 0.782. The van der Waals surface area contributed by atoms with Crippen LogP contribution in [0.3, 0.4) is 0 Å². The lowest BCUT2D eigenvalue weighted by Gasteiger charge is -2.22. The summed E-state index contributed by atoms with van der Waals surface area (Å²) in [5.74, 6) is 1.09. The number of aryl methyl sites for hydroxylation is 1. The first-order valence-corrected chi connectivity index (χ1v) is 6.14. The minimum Gasteiger partial charge on any atom is -0.356 e. The fourth-order valence-electron chi connectivity index (χ4n) is 1.42. The molecule has 0 aliphatic rings. The average molecular weight is 257 g/mol. The smallest absolute Gasteiger partial charge is 0.128 e. The molecular weight excluding hydrogens is 240 g/mol. The molecule has 0 aliphatic carbocycles. The second-order valence-electron chi connectivity index (χ2n) is 3.31. The van der Waals surface area contributed by atoms with Crippen LogP contribution in [-0.4, -0.2) is 23.4 Å². The highest BCUT2D eigenvalue weighted by Crippen LogP contribution is 2.11. The van der Waals surface area contributed by atoms with Gasteiger partial charge in [-0.1, -0.05) is 28.9 Å². The van der Waals surface area contributed by atoms with E-state index in [0.29, 0.717) is 0 Å². The van der Waals surface area contributed by atoms with E-state index in [1.807, 2.05) is 13.0 Å². The summed E-state index contributed by atoms with van der Waals surface area (Å²) in [6.07, 6.45) is 1.16. The largest absolute Gasteiger partial charge is 0.356 e. The Labute approximate surface area is 94.5 Å². The van der Waals surface area contributed by atoms with Gasteiger partial charge < -0.3 is 4.90 Å². The van der Waals surface area contributed by atoms with E-state index < -0.39 is 0 Å². The van der Waals surface area contributed by atoms with Crippen LogP contribution < -0.4 is 4.90 Å². The van der Waals surface area contributed by atoms with Gasteiger partial charge in [0.1, 0.15) is 5.82 Å². The summed E-state index contributed by atoms with van der Waals surface area (Å²) in [7, 11) is 0. The van der Waals surface area contributed by atoms with Crippen molar-refractivity contribution in [3.8, 4) is 0 Å². The Morgan fingerprint density at radius 2 is 2.14 bits per heavy atom. The van der Waals surface area contributed by atoms with E-state index in [1.165, 1.54) is 0 Å². The number of aromatic nitrogens is 1. The Balaban J connectivity index is 2.75. The Morgan fingerprint density at radius 1 is 1.36 bits per heavy atom. The molecule has 0 spiro atoms. The van der Waals surface area contributed by atoms with Gasteiger partial charge in [0.2, 0.25) is 0 Å². The van der Waals surface area contributed by atoms with Gasteiger partial charge in [-0.15, -0.1) is 0 Å². The minimum absolute atomic E-state index is 0.989. The predicted molar refractivity (Wildman–Crippen MR) is 65.3 cm³/mol. The van der Waals surface area contributed by atoms with Crippen LogP contribution in [0.15, 0.2) is 18.2 Å². The molecule has 1 heterocycles. The van der Waals surface area contributed by atoms with E-state index in [1.54, 1.807) is 0 Å². The van der Waals surface area contributed by atoms with Gasteiger partial charge in [0.05, 0.1) is 0 Å². The van der Waals surface area contributed by atoms with Crippen LogP contribution in [0, 0.1) is 6.92 Å². The number of alkyl halides is 1. The number of nitrogens with zero attached hydrogens (tertiary/aromatic N) is 2. The van der Waals surface area contributed by atoms with Crippen molar-refractivity contribution in [3.63, 3.8) is 0 Å². The van der Waals surface area contributed by atoms with E-state index in [2.05, 4.69) is 44.9 Å². The fraction of sp³-hybridized carbons (Fsp3) is 0.545. The quantitative estimate of drug-likeness (QED) is 0.754. The molecule has 0 radical (unpaired) electrons. The molecule has 0 aliphatic heterocycles. The monoisotopic (exact) mass is 256 g/mol. The highest BCUT2D eigenvalue weighted by molar-refractivity contribution is 9.09. The molecule has 0 atom stereocenters. The molecule has 0 N–H and O–H groups in total. The summed E-state index contributed by atoms with van der Waals surface area (Å²) in [4.78, 5) is 6.82. The third-order valence-electron chi connectivity index (χ3n) is 2.05. The molecular formula is C11H17BrN2. The first-order valence-electron chi connectivity index (χ1n) is 5.02. The third-order valence-corrected chi connectivity index (χ3v) is 2.40. The number of pyridine rings is 1. The lowest BCUT2D eigenvalue weighted by Crippen LogP contribution is -2.27. The zero-order chi connectivity index (χ0) is 10.4. The SMILES string of the molecule is CCCN(CCBr)c1cccc(C)n1.